The first-order valence-electron chi connectivity index (χ1n) is 10.0. The SMILES string of the molecule is N#CC1=C(N)N(c2cccc(C(F)(F)F)c2)C2=C(C(=O)CCC2)[C@@H]1c1ccc([N+](=O)[O-])cc1. The highest BCUT2D eigenvalue weighted by Crippen LogP contribution is 2.47. The summed E-state index contributed by atoms with van der Waals surface area (Å²) in [4.78, 5) is 24.8. The fraction of sp³-hybridized carbons (Fsp3) is 0.217. The van der Waals surface area contributed by atoms with Crippen molar-refractivity contribution in [3.8, 4) is 6.07 Å². The molecule has 0 aromatic heterocycles. The van der Waals surface area contributed by atoms with Crippen molar-refractivity contribution in [3.05, 3.63) is 92.4 Å². The van der Waals surface area contributed by atoms with Gasteiger partial charge in [-0.1, -0.05) is 18.2 Å². The number of rotatable bonds is 3. The van der Waals surface area contributed by atoms with E-state index in [1.807, 2.05) is 6.07 Å². The number of nitro groups is 1. The van der Waals surface area contributed by atoms with E-state index in [4.69, 9.17) is 5.73 Å². The Morgan fingerprint density at radius 2 is 1.85 bits per heavy atom. The van der Waals surface area contributed by atoms with E-state index >= 15 is 0 Å². The first-order valence-corrected chi connectivity index (χ1v) is 10.0. The Kier molecular flexibility index (Phi) is 5.41. The largest absolute Gasteiger partial charge is 0.416 e. The molecule has 2 aromatic rings. The molecule has 0 saturated carbocycles. The number of carbonyl (C=O) groups excluding carboxylic acids is 1. The molecule has 168 valence electrons. The number of halogens is 3. The fourth-order valence-electron chi connectivity index (χ4n) is 4.32. The molecule has 1 atom stereocenters. The third-order valence-corrected chi connectivity index (χ3v) is 5.78. The molecular weight excluding hydrogens is 437 g/mol. The van der Waals surface area contributed by atoms with Crippen molar-refractivity contribution in [3.63, 3.8) is 0 Å². The van der Waals surface area contributed by atoms with Gasteiger partial charge in [0.2, 0.25) is 0 Å². The zero-order valence-corrected chi connectivity index (χ0v) is 17.1. The summed E-state index contributed by atoms with van der Waals surface area (Å²) in [5, 5.41) is 20.9. The number of hydrogen-bond donors (Lipinski definition) is 1. The monoisotopic (exact) mass is 454 g/mol. The van der Waals surface area contributed by atoms with Gasteiger partial charge in [-0.3, -0.25) is 19.8 Å². The van der Waals surface area contributed by atoms with Crippen LogP contribution in [0.1, 0.15) is 36.3 Å². The number of non-ortho nitro benzene ring substituents is 1. The van der Waals surface area contributed by atoms with E-state index in [1.165, 1.54) is 41.3 Å². The number of anilines is 1. The molecule has 0 amide bonds. The second-order valence-corrected chi connectivity index (χ2v) is 7.71. The quantitative estimate of drug-likeness (QED) is 0.520. The summed E-state index contributed by atoms with van der Waals surface area (Å²) in [5.74, 6) is -1.17. The normalized spacial score (nSPS) is 18.8. The number of nitrogens with zero attached hydrogens (tertiary/aromatic N) is 3. The van der Waals surface area contributed by atoms with Crippen LogP contribution in [-0.4, -0.2) is 10.7 Å². The Labute approximate surface area is 186 Å². The first-order chi connectivity index (χ1) is 15.6. The molecule has 0 saturated heterocycles. The predicted molar refractivity (Wildman–Crippen MR) is 112 cm³/mol. The summed E-state index contributed by atoms with van der Waals surface area (Å²) in [6.45, 7) is 0. The number of Topliss-reactive ketones (excluding diaryl/α,β-unsaturated/α-hetero) is 1. The van der Waals surface area contributed by atoms with E-state index in [-0.39, 0.29) is 40.5 Å². The Hall–Kier alpha value is -4.13. The number of nitro benzene ring substituents is 1. The fourth-order valence-corrected chi connectivity index (χ4v) is 4.32. The molecule has 2 aliphatic rings. The number of hydrogen-bond acceptors (Lipinski definition) is 6. The van der Waals surface area contributed by atoms with Gasteiger partial charge in [-0.15, -0.1) is 0 Å². The maximum atomic E-state index is 13.3. The number of nitrogens with two attached hydrogens (primary N) is 1. The van der Waals surface area contributed by atoms with Gasteiger partial charge in [0.15, 0.2) is 5.78 Å². The van der Waals surface area contributed by atoms with E-state index in [0.29, 0.717) is 24.1 Å². The number of alkyl halides is 3. The second-order valence-electron chi connectivity index (χ2n) is 7.71. The summed E-state index contributed by atoms with van der Waals surface area (Å²) in [6, 6.07) is 12.0. The summed E-state index contributed by atoms with van der Waals surface area (Å²) in [5.41, 5.74) is 6.57. The molecule has 33 heavy (non-hydrogen) atoms. The van der Waals surface area contributed by atoms with Crippen LogP contribution in [0.15, 0.2) is 71.2 Å². The van der Waals surface area contributed by atoms with Crippen molar-refractivity contribution in [2.75, 3.05) is 4.90 Å². The lowest BCUT2D eigenvalue weighted by Crippen LogP contribution is -2.38. The molecule has 4 rings (SSSR count). The van der Waals surface area contributed by atoms with Gasteiger partial charge in [0, 0.05) is 35.5 Å². The average molecular weight is 454 g/mol. The van der Waals surface area contributed by atoms with E-state index < -0.39 is 22.6 Å². The van der Waals surface area contributed by atoms with E-state index in [0.717, 1.165) is 12.1 Å². The topological polar surface area (TPSA) is 113 Å². The van der Waals surface area contributed by atoms with Crippen LogP contribution in [0.2, 0.25) is 0 Å². The number of benzene rings is 2. The molecular formula is C23H17F3N4O3. The van der Waals surface area contributed by atoms with Crippen molar-refractivity contribution in [2.24, 2.45) is 5.73 Å². The number of ketones is 1. The van der Waals surface area contributed by atoms with Gasteiger partial charge in [0.05, 0.1) is 28.0 Å². The zero-order valence-electron chi connectivity index (χ0n) is 17.1. The Morgan fingerprint density at radius 3 is 2.45 bits per heavy atom. The molecule has 0 spiro atoms. The van der Waals surface area contributed by atoms with Crippen LogP contribution in [0.4, 0.5) is 24.5 Å². The maximum absolute atomic E-state index is 13.3. The van der Waals surface area contributed by atoms with Crippen molar-refractivity contribution >= 4 is 17.2 Å². The van der Waals surface area contributed by atoms with Crippen molar-refractivity contribution < 1.29 is 22.9 Å². The van der Waals surface area contributed by atoms with Crippen LogP contribution < -0.4 is 10.6 Å². The van der Waals surface area contributed by atoms with Gasteiger partial charge in [-0.05, 0) is 36.6 Å². The Balaban J connectivity index is 1.92. The maximum Gasteiger partial charge on any atom is 0.416 e. The Morgan fingerprint density at radius 1 is 1.15 bits per heavy atom. The first kappa shape index (κ1) is 22.1. The lowest BCUT2D eigenvalue weighted by Gasteiger charge is -2.39. The van der Waals surface area contributed by atoms with Crippen molar-refractivity contribution in [2.45, 2.75) is 31.4 Å². The minimum Gasteiger partial charge on any atom is -0.384 e. The number of allylic oxidation sites excluding steroid dienone is 3. The molecule has 0 bridgehead atoms. The van der Waals surface area contributed by atoms with Crippen LogP contribution >= 0.6 is 0 Å². The zero-order chi connectivity index (χ0) is 23.9. The lowest BCUT2D eigenvalue weighted by molar-refractivity contribution is -0.384. The van der Waals surface area contributed by atoms with Crippen LogP contribution in [0.25, 0.3) is 0 Å². The summed E-state index contributed by atoms with van der Waals surface area (Å²) >= 11 is 0. The second kappa shape index (κ2) is 8.09. The molecule has 2 N–H and O–H groups in total. The summed E-state index contributed by atoms with van der Waals surface area (Å²) in [6.07, 6.45) is -3.50. The minimum absolute atomic E-state index is 0.00438. The molecule has 7 nitrogen and oxygen atoms in total. The number of carbonyl (C=O) groups is 1. The van der Waals surface area contributed by atoms with Gasteiger partial charge in [0.1, 0.15) is 5.82 Å². The molecule has 0 radical (unpaired) electrons. The highest BCUT2D eigenvalue weighted by atomic mass is 19.4. The molecule has 1 heterocycles. The summed E-state index contributed by atoms with van der Waals surface area (Å²) in [7, 11) is 0. The highest BCUT2D eigenvalue weighted by Gasteiger charge is 2.41. The van der Waals surface area contributed by atoms with Crippen LogP contribution in [-0.2, 0) is 11.0 Å². The Bertz CT molecular complexity index is 1260. The highest BCUT2D eigenvalue weighted by molar-refractivity contribution is 6.01. The minimum atomic E-state index is -4.58. The molecule has 1 aliphatic heterocycles. The molecule has 1 aliphatic carbocycles. The van der Waals surface area contributed by atoms with Gasteiger partial charge in [-0.25, -0.2) is 0 Å². The standard InChI is InChI=1S/C23H17F3N4O3/c24-23(25,26)14-3-1-4-16(11-14)29-18-5-2-6-19(31)21(18)20(17(12-27)22(29)28)13-7-9-15(10-8-13)30(32)33/h1,3-4,7-11,20H,2,5-6,28H2/t20-/m1/s1. The van der Waals surface area contributed by atoms with E-state index in [9.17, 15) is 33.3 Å². The molecule has 0 fully saturated rings. The summed E-state index contributed by atoms with van der Waals surface area (Å²) < 4.78 is 39.9. The van der Waals surface area contributed by atoms with Crippen molar-refractivity contribution in [1.82, 2.24) is 0 Å². The van der Waals surface area contributed by atoms with Crippen LogP contribution in [0.5, 0.6) is 0 Å². The average Bonchev–Trinajstić information content (AvgIpc) is 2.78. The molecule has 2 aromatic carbocycles. The number of nitriles is 1. The van der Waals surface area contributed by atoms with Gasteiger partial charge < -0.3 is 5.73 Å². The van der Waals surface area contributed by atoms with E-state index in [2.05, 4.69) is 0 Å². The molecule has 10 heteroatoms. The van der Waals surface area contributed by atoms with Crippen LogP contribution in [0, 0.1) is 21.4 Å². The third kappa shape index (κ3) is 3.82. The van der Waals surface area contributed by atoms with Gasteiger partial charge in [0.25, 0.3) is 5.69 Å². The van der Waals surface area contributed by atoms with Crippen LogP contribution in [0.3, 0.4) is 0 Å². The third-order valence-electron chi connectivity index (χ3n) is 5.78. The van der Waals surface area contributed by atoms with E-state index in [1.54, 1.807) is 0 Å². The molecule has 0 unspecified atom stereocenters. The van der Waals surface area contributed by atoms with Gasteiger partial charge in [-0.2, -0.15) is 18.4 Å². The smallest absolute Gasteiger partial charge is 0.384 e. The van der Waals surface area contributed by atoms with Crippen molar-refractivity contribution in [1.29, 1.82) is 5.26 Å². The van der Waals surface area contributed by atoms with Gasteiger partial charge >= 0.3 is 6.18 Å². The predicted octanol–water partition coefficient (Wildman–Crippen LogP) is 4.92. The lowest BCUT2D eigenvalue weighted by atomic mass is 9.75.